The van der Waals surface area contributed by atoms with Crippen LogP contribution in [0.2, 0.25) is 10.0 Å². The number of urea groups is 1. The van der Waals surface area contributed by atoms with Crippen molar-refractivity contribution in [3.8, 4) is 0 Å². The fraction of sp³-hybridized carbons (Fsp3) is 0.533. The molecule has 0 saturated carbocycles. The zero-order valence-electron chi connectivity index (χ0n) is 14.1. The fourth-order valence-electron chi connectivity index (χ4n) is 2.09. The Bertz CT molecular complexity index is 684. The minimum atomic E-state index is -4.70. The minimum Gasteiger partial charge on any atom is -0.327 e. The number of rotatable bonds is 9. The lowest BCUT2D eigenvalue weighted by Crippen LogP contribution is -2.43. The number of halogens is 2. The lowest BCUT2D eigenvalue weighted by Gasteiger charge is -2.27. The molecule has 0 bridgehead atoms. The number of carbonyl (C=O) groups is 1. The van der Waals surface area contributed by atoms with Gasteiger partial charge < -0.3 is 4.90 Å². The van der Waals surface area contributed by atoms with E-state index in [2.05, 4.69) is 11.1 Å². The SMILES string of the molecule is CCCCCCN(C)C(=O)N(COS(=O)(=O)O)c1ccc(Cl)c(Cl)c1. The second kappa shape index (κ2) is 10.2. The highest BCUT2D eigenvalue weighted by Crippen LogP contribution is 2.28. The Hall–Kier alpha value is -1.06. The van der Waals surface area contributed by atoms with Crippen LogP contribution in [0.5, 0.6) is 0 Å². The third-order valence-corrected chi connectivity index (χ3v) is 4.59. The second-order valence-electron chi connectivity index (χ2n) is 5.47. The van der Waals surface area contributed by atoms with Gasteiger partial charge in [-0.25, -0.2) is 8.98 Å². The Labute approximate surface area is 158 Å². The normalized spacial score (nSPS) is 11.4. The van der Waals surface area contributed by atoms with Crippen LogP contribution >= 0.6 is 23.2 Å². The molecule has 1 aromatic rings. The predicted molar refractivity (Wildman–Crippen MR) is 98.6 cm³/mol. The molecule has 25 heavy (non-hydrogen) atoms. The molecule has 0 fully saturated rings. The summed E-state index contributed by atoms with van der Waals surface area (Å²) in [5.41, 5.74) is 0.295. The molecule has 1 aromatic carbocycles. The Morgan fingerprint density at radius 1 is 1.20 bits per heavy atom. The second-order valence-corrected chi connectivity index (χ2v) is 7.37. The molecule has 0 aliphatic rings. The number of unbranched alkanes of at least 4 members (excludes halogenated alkanes) is 3. The van der Waals surface area contributed by atoms with Crippen molar-refractivity contribution in [3.05, 3.63) is 28.2 Å². The number of amides is 2. The van der Waals surface area contributed by atoms with Crippen molar-refractivity contribution in [1.82, 2.24) is 4.90 Å². The first kappa shape index (κ1) is 22.0. The summed E-state index contributed by atoms with van der Waals surface area (Å²) >= 11 is 11.8. The lowest BCUT2D eigenvalue weighted by atomic mass is 10.2. The highest BCUT2D eigenvalue weighted by molar-refractivity contribution is 7.80. The fourth-order valence-corrected chi connectivity index (χ4v) is 2.62. The minimum absolute atomic E-state index is 0.203. The molecule has 0 radical (unpaired) electrons. The summed E-state index contributed by atoms with van der Waals surface area (Å²) < 4.78 is 34.9. The van der Waals surface area contributed by atoms with Gasteiger partial charge in [-0.2, -0.15) is 8.42 Å². The first-order chi connectivity index (χ1) is 11.7. The molecule has 0 aromatic heterocycles. The maximum Gasteiger partial charge on any atom is 0.399 e. The topological polar surface area (TPSA) is 87.2 Å². The summed E-state index contributed by atoms with van der Waals surface area (Å²) in [6.45, 7) is 1.91. The van der Waals surface area contributed by atoms with Crippen LogP contribution in [-0.4, -0.2) is 44.2 Å². The van der Waals surface area contributed by atoms with E-state index in [-0.39, 0.29) is 5.02 Å². The zero-order chi connectivity index (χ0) is 19.0. The van der Waals surface area contributed by atoms with Gasteiger partial charge >= 0.3 is 16.4 Å². The van der Waals surface area contributed by atoms with Gasteiger partial charge in [0.2, 0.25) is 0 Å². The highest BCUT2D eigenvalue weighted by atomic mass is 35.5. The number of anilines is 1. The molecule has 7 nitrogen and oxygen atoms in total. The van der Waals surface area contributed by atoms with Gasteiger partial charge in [0, 0.05) is 19.3 Å². The number of hydrogen-bond acceptors (Lipinski definition) is 4. The first-order valence-corrected chi connectivity index (χ1v) is 9.87. The Kier molecular flexibility index (Phi) is 8.95. The number of carbonyl (C=O) groups excluding carboxylic acids is 1. The van der Waals surface area contributed by atoms with Crippen molar-refractivity contribution in [2.75, 3.05) is 25.2 Å². The van der Waals surface area contributed by atoms with E-state index in [1.165, 1.54) is 23.1 Å². The molecule has 10 heteroatoms. The molecule has 0 unspecified atom stereocenters. The van der Waals surface area contributed by atoms with Crippen molar-refractivity contribution >= 4 is 45.3 Å². The number of nitrogens with zero attached hydrogens (tertiary/aromatic N) is 2. The van der Waals surface area contributed by atoms with Gasteiger partial charge in [0.05, 0.1) is 10.0 Å². The molecule has 0 atom stereocenters. The summed E-state index contributed by atoms with van der Waals surface area (Å²) in [5, 5.41) is 0.496. The zero-order valence-corrected chi connectivity index (χ0v) is 16.4. The third-order valence-electron chi connectivity index (χ3n) is 3.45. The standard InChI is InChI=1S/C15H22Cl2N2O5S/c1-3-4-5-6-9-18(2)15(20)19(11-24-25(21,22)23)12-7-8-13(16)14(17)10-12/h7-8,10H,3-6,9,11H2,1-2H3,(H,21,22,23). The molecule has 2 amide bonds. The molecule has 1 rings (SSSR count). The van der Waals surface area contributed by atoms with Crippen LogP contribution in [0.3, 0.4) is 0 Å². The Balaban J connectivity index is 2.92. The van der Waals surface area contributed by atoms with Crippen LogP contribution in [0.25, 0.3) is 0 Å². The van der Waals surface area contributed by atoms with E-state index in [1.807, 2.05) is 0 Å². The van der Waals surface area contributed by atoms with Crippen molar-refractivity contribution in [2.24, 2.45) is 0 Å². The predicted octanol–water partition coefficient (Wildman–Crippen LogP) is 4.21. The average molecular weight is 413 g/mol. The maximum atomic E-state index is 12.6. The molecular weight excluding hydrogens is 391 g/mol. The van der Waals surface area contributed by atoms with Crippen molar-refractivity contribution in [3.63, 3.8) is 0 Å². The molecule has 0 saturated heterocycles. The largest absolute Gasteiger partial charge is 0.399 e. The lowest BCUT2D eigenvalue weighted by molar-refractivity contribution is 0.202. The maximum absolute atomic E-state index is 12.6. The van der Waals surface area contributed by atoms with E-state index < -0.39 is 23.2 Å². The van der Waals surface area contributed by atoms with Crippen molar-refractivity contribution < 1.29 is 21.9 Å². The summed E-state index contributed by atoms with van der Waals surface area (Å²) in [6.07, 6.45) is 3.96. The Morgan fingerprint density at radius 3 is 2.44 bits per heavy atom. The van der Waals surface area contributed by atoms with E-state index in [1.54, 1.807) is 7.05 Å². The van der Waals surface area contributed by atoms with E-state index in [9.17, 15) is 13.2 Å². The van der Waals surface area contributed by atoms with Crippen LogP contribution in [0.15, 0.2) is 18.2 Å². The molecule has 1 N–H and O–H groups in total. The van der Waals surface area contributed by atoms with E-state index in [0.29, 0.717) is 17.3 Å². The number of hydrogen-bond donors (Lipinski definition) is 1. The van der Waals surface area contributed by atoms with Gasteiger partial charge in [-0.05, 0) is 24.6 Å². The Morgan fingerprint density at radius 2 is 1.88 bits per heavy atom. The van der Waals surface area contributed by atoms with Gasteiger partial charge in [0.25, 0.3) is 0 Å². The van der Waals surface area contributed by atoms with Gasteiger partial charge in [-0.15, -0.1) is 0 Å². The first-order valence-electron chi connectivity index (χ1n) is 7.75. The van der Waals surface area contributed by atoms with Crippen LogP contribution in [0, 0.1) is 0 Å². The monoisotopic (exact) mass is 412 g/mol. The van der Waals surface area contributed by atoms with Crippen molar-refractivity contribution in [1.29, 1.82) is 0 Å². The average Bonchev–Trinajstić information content (AvgIpc) is 2.53. The summed E-state index contributed by atoms with van der Waals surface area (Å²) in [4.78, 5) is 15.1. The third kappa shape index (κ3) is 7.79. The smallest absolute Gasteiger partial charge is 0.327 e. The molecular formula is C15H22Cl2N2O5S. The van der Waals surface area contributed by atoms with E-state index in [4.69, 9.17) is 27.8 Å². The van der Waals surface area contributed by atoms with Crippen LogP contribution in [0.4, 0.5) is 10.5 Å². The molecule has 0 spiro atoms. The molecule has 0 aliphatic heterocycles. The highest BCUT2D eigenvalue weighted by Gasteiger charge is 2.22. The van der Waals surface area contributed by atoms with Crippen LogP contribution in [0.1, 0.15) is 32.6 Å². The number of benzene rings is 1. The van der Waals surface area contributed by atoms with Gasteiger partial charge in [-0.1, -0.05) is 49.4 Å². The molecule has 0 aliphatic carbocycles. The van der Waals surface area contributed by atoms with Gasteiger partial charge in [0.1, 0.15) is 6.73 Å². The van der Waals surface area contributed by atoms with E-state index in [0.717, 1.165) is 30.6 Å². The summed E-state index contributed by atoms with van der Waals surface area (Å²) in [5.74, 6) is 0. The quantitative estimate of drug-likeness (QED) is 0.372. The van der Waals surface area contributed by atoms with Crippen LogP contribution in [-0.2, 0) is 14.6 Å². The van der Waals surface area contributed by atoms with E-state index >= 15 is 0 Å². The van der Waals surface area contributed by atoms with Crippen LogP contribution < -0.4 is 4.90 Å². The van der Waals surface area contributed by atoms with Gasteiger partial charge in [0.15, 0.2) is 0 Å². The molecule has 142 valence electrons. The summed E-state index contributed by atoms with van der Waals surface area (Å²) in [6, 6.07) is 3.91. The van der Waals surface area contributed by atoms with Crippen molar-refractivity contribution in [2.45, 2.75) is 32.6 Å². The van der Waals surface area contributed by atoms with Gasteiger partial charge in [-0.3, -0.25) is 9.45 Å². The molecule has 0 heterocycles. The summed E-state index contributed by atoms with van der Waals surface area (Å²) in [7, 11) is -3.10.